The van der Waals surface area contributed by atoms with Crippen molar-refractivity contribution in [2.24, 2.45) is 0 Å². The first-order chi connectivity index (χ1) is 6.97. The number of halogens is 4. The quantitative estimate of drug-likeness (QED) is 0.260. The highest BCUT2D eigenvalue weighted by Crippen LogP contribution is 2.30. The number of hydrogen-bond donors (Lipinski definition) is 0. The van der Waals surface area contributed by atoms with Gasteiger partial charge in [-0.2, -0.15) is 0 Å². The largest absolute Gasteiger partial charge is 0.364 e. The van der Waals surface area contributed by atoms with E-state index in [-0.39, 0.29) is 20.2 Å². The first-order valence-electron chi connectivity index (χ1n) is 3.65. The molecule has 0 aliphatic heterocycles. The summed E-state index contributed by atoms with van der Waals surface area (Å²) in [4.78, 5) is 13.2. The molecule has 0 saturated heterocycles. The zero-order valence-corrected chi connectivity index (χ0v) is 10.8. The number of nitro groups is 1. The van der Waals surface area contributed by atoms with E-state index < -0.39 is 17.2 Å². The van der Waals surface area contributed by atoms with E-state index in [9.17, 15) is 18.9 Å². The molecule has 0 saturated carbocycles. The Balaban J connectivity index is 3.37. The molecule has 0 radical (unpaired) electrons. The maximum atomic E-state index is 12.6. The second kappa shape index (κ2) is 5.10. The Labute approximate surface area is 105 Å². The van der Waals surface area contributed by atoms with Gasteiger partial charge in [-0.1, -0.05) is 15.9 Å². The molecule has 15 heavy (non-hydrogen) atoms. The molecule has 1 rings (SSSR count). The molecule has 0 unspecified atom stereocenters. The summed E-state index contributed by atoms with van der Waals surface area (Å²) < 4.78 is 25.1. The van der Waals surface area contributed by atoms with E-state index >= 15 is 0 Å². The van der Waals surface area contributed by atoms with Crippen LogP contribution in [-0.2, 0) is 5.33 Å². The molecule has 82 valence electrons. The van der Waals surface area contributed by atoms with Gasteiger partial charge in [-0.05, 0) is 15.5 Å². The van der Waals surface area contributed by atoms with Crippen molar-refractivity contribution in [2.45, 2.75) is 11.8 Å². The van der Waals surface area contributed by atoms with Crippen LogP contribution < -0.4 is 0 Å². The molecule has 0 N–H and O–H groups in total. The number of nitrogens with zero attached hydrogens (tertiary/aromatic N) is 2. The SMILES string of the molecule is O=[N+]([O-])c1cc(CBr)c(C(F)F)c(I)n1. The van der Waals surface area contributed by atoms with Crippen molar-refractivity contribution in [3.63, 3.8) is 0 Å². The van der Waals surface area contributed by atoms with E-state index in [1.165, 1.54) is 0 Å². The summed E-state index contributed by atoms with van der Waals surface area (Å²) in [5.74, 6) is -0.418. The Morgan fingerprint density at radius 2 is 2.27 bits per heavy atom. The lowest BCUT2D eigenvalue weighted by molar-refractivity contribution is -0.389. The lowest BCUT2D eigenvalue weighted by Gasteiger charge is -2.05. The Bertz CT molecular complexity index is 403. The predicted octanol–water partition coefficient (Wildman–Crippen LogP) is 3.43. The van der Waals surface area contributed by atoms with E-state index in [1.54, 1.807) is 22.6 Å². The van der Waals surface area contributed by atoms with Crippen LogP contribution in [0.15, 0.2) is 6.07 Å². The molecule has 0 bridgehead atoms. The molecule has 4 nitrogen and oxygen atoms in total. The molecule has 0 spiro atoms. The number of pyridine rings is 1. The zero-order chi connectivity index (χ0) is 11.6. The van der Waals surface area contributed by atoms with E-state index in [2.05, 4.69) is 20.9 Å². The van der Waals surface area contributed by atoms with Crippen molar-refractivity contribution < 1.29 is 13.7 Å². The van der Waals surface area contributed by atoms with E-state index in [0.717, 1.165) is 6.07 Å². The first kappa shape index (κ1) is 12.7. The third kappa shape index (κ3) is 2.80. The van der Waals surface area contributed by atoms with Gasteiger partial charge in [0.05, 0.1) is 5.56 Å². The van der Waals surface area contributed by atoms with Crippen molar-refractivity contribution in [1.29, 1.82) is 0 Å². The maximum absolute atomic E-state index is 12.6. The molecule has 0 fully saturated rings. The molecule has 0 aliphatic carbocycles. The van der Waals surface area contributed by atoms with Crippen molar-refractivity contribution in [3.05, 3.63) is 31.0 Å². The normalized spacial score (nSPS) is 10.7. The van der Waals surface area contributed by atoms with Crippen LogP contribution in [0.3, 0.4) is 0 Å². The van der Waals surface area contributed by atoms with Gasteiger partial charge in [0.15, 0.2) is 0 Å². The van der Waals surface area contributed by atoms with Gasteiger partial charge < -0.3 is 10.1 Å². The van der Waals surface area contributed by atoms with Crippen LogP contribution in [0, 0.1) is 13.8 Å². The zero-order valence-electron chi connectivity index (χ0n) is 7.08. The average Bonchev–Trinajstić information content (AvgIpc) is 2.15. The second-order valence-corrected chi connectivity index (χ2v) is 4.12. The van der Waals surface area contributed by atoms with Crippen LogP contribution in [0.2, 0.25) is 0 Å². The lowest BCUT2D eigenvalue weighted by Crippen LogP contribution is -2.03. The fourth-order valence-electron chi connectivity index (χ4n) is 0.993. The van der Waals surface area contributed by atoms with Crippen LogP contribution in [0.25, 0.3) is 0 Å². The molecule has 1 aromatic rings. The van der Waals surface area contributed by atoms with Crippen LogP contribution in [0.4, 0.5) is 14.6 Å². The highest BCUT2D eigenvalue weighted by Gasteiger charge is 2.24. The lowest BCUT2D eigenvalue weighted by atomic mass is 10.1. The average molecular weight is 393 g/mol. The molecule has 1 aromatic heterocycles. The number of alkyl halides is 3. The van der Waals surface area contributed by atoms with Crippen LogP contribution in [0.5, 0.6) is 0 Å². The van der Waals surface area contributed by atoms with Crippen molar-refractivity contribution >= 4 is 44.3 Å². The summed E-state index contributed by atoms with van der Waals surface area (Å²) in [6.07, 6.45) is -2.68. The third-order valence-electron chi connectivity index (χ3n) is 1.63. The molecule has 0 atom stereocenters. The predicted molar refractivity (Wildman–Crippen MR) is 61.2 cm³/mol. The highest BCUT2D eigenvalue weighted by molar-refractivity contribution is 14.1. The van der Waals surface area contributed by atoms with Gasteiger partial charge in [-0.15, -0.1) is 0 Å². The first-order valence-corrected chi connectivity index (χ1v) is 5.85. The van der Waals surface area contributed by atoms with Gasteiger partial charge in [0.25, 0.3) is 6.43 Å². The van der Waals surface area contributed by atoms with Crippen LogP contribution in [0.1, 0.15) is 17.6 Å². The summed E-state index contributed by atoms with van der Waals surface area (Å²) in [7, 11) is 0. The topological polar surface area (TPSA) is 56.0 Å². The summed E-state index contributed by atoms with van der Waals surface area (Å²) in [5.41, 5.74) is -0.0609. The number of aromatic nitrogens is 1. The molecular formula is C7H4BrF2IN2O2. The minimum atomic E-state index is -2.68. The Hall–Kier alpha value is -0.380. The van der Waals surface area contributed by atoms with Gasteiger partial charge in [-0.3, -0.25) is 0 Å². The molecule has 0 aromatic carbocycles. The standard InChI is InChI=1S/C7H4BrF2IN2O2/c8-2-3-1-4(13(14)15)12-7(11)5(3)6(9)10/h1,6H,2H2. The van der Waals surface area contributed by atoms with Crippen molar-refractivity contribution in [2.75, 3.05) is 0 Å². The van der Waals surface area contributed by atoms with Crippen LogP contribution in [-0.4, -0.2) is 9.91 Å². The van der Waals surface area contributed by atoms with E-state index in [0.29, 0.717) is 0 Å². The fraction of sp³-hybridized carbons (Fsp3) is 0.286. The molecule has 0 aliphatic rings. The van der Waals surface area contributed by atoms with Crippen LogP contribution >= 0.6 is 38.5 Å². The molecule has 0 amide bonds. The second-order valence-electron chi connectivity index (χ2n) is 2.54. The summed E-state index contributed by atoms with van der Waals surface area (Å²) in [6.45, 7) is 0. The van der Waals surface area contributed by atoms with Gasteiger partial charge in [0.2, 0.25) is 3.70 Å². The summed E-state index contributed by atoms with van der Waals surface area (Å²) >= 11 is 4.57. The molecular weight excluding hydrogens is 389 g/mol. The third-order valence-corrected chi connectivity index (χ3v) is 3.06. The number of hydrogen-bond acceptors (Lipinski definition) is 3. The maximum Gasteiger partial charge on any atom is 0.364 e. The monoisotopic (exact) mass is 392 g/mol. The Kier molecular flexibility index (Phi) is 4.32. The minimum Gasteiger partial charge on any atom is -0.358 e. The highest BCUT2D eigenvalue weighted by atomic mass is 127. The fourth-order valence-corrected chi connectivity index (χ4v) is 2.29. The van der Waals surface area contributed by atoms with E-state index in [4.69, 9.17) is 0 Å². The Morgan fingerprint density at radius 1 is 1.67 bits per heavy atom. The number of rotatable bonds is 3. The molecule has 1 heterocycles. The van der Waals surface area contributed by atoms with Gasteiger partial charge in [0, 0.05) is 34.0 Å². The van der Waals surface area contributed by atoms with Crippen molar-refractivity contribution in [3.8, 4) is 0 Å². The summed E-state index contributed by atoms with van der Waals surface area (Å²) in [6, 6.07) is 1.05. The Morgan fingerprint density at radius 3 is 2.67 bits per heavy atom. The minimum absolute atomic E-state index is 0.0359. The van der Waals surface area contributed by atoms with Gasteiger partial charge in [-0.25, -0.2) is 8.78 Å². The van der Waals surface area contributed by atoms with E-state index in [1.807, 2.05) is 0 Å². The van der Waals surface area contributed by atoms with Crippen molar-refractivity contribution in [1.82, 2.24) is 4.98 Å². The van der Waals surface area contributed by atoms with Gasteiger partial charge in [0.1, 0.15) is 0 Å². The summed E-state index contributed by atoms with van der Waals surface area (Å²) in [5, 5.41) is 10.6. The molecule has 8 heteroatoms. The van der Waals surface area contributed by atoms with Gasteiger partial charge >= 0.3 is 5.82 Å². The smallest absolute Gasteiger partial charge is 0.358 e.